The number of carbonyl (C=O) groups is 1. The molecule has 110 valence electrons. The highest BCUT2D eigenvalue weighted by atomic mass is 19.4. The quantitative estimate of drug-likeness (QED) is 0.897. The first-order valence-corrected chi connectivity index (χ1v) is 6.31. The minimum atomic E-state index is -4.48. The van der Waals surface area contributed by atoms with Gasteiger partial charge in [-0.25, -0.2) is 4.98 Å². The summed E-state index contributed by atoms with van der Waals surface area (Å²) in [6, 6.07) is 2.04. The van der Waals surface area contributed by atoms with E-state index in [1.807, 2.05) is 6.92 Å². The normalized spacial score (nSPS) is 25.9. The Kier molecular flexibility index (Phi) is 3.73. The zero-order chi connectivity index (χ0) is 15.0. The van der Waals surface area contributed by atoms with E-state index in [0.29, 0.717) is 18.8 Å². The van der Waals surface area contributed by atoms with Crippen molar-refractivity contribution in [3.8, 4) is 0 Å². The Morgan fingerprint density at radius 1 is 1.50 bits per heavy atom. The summed E-state index contributed by atoms with van der Waals surface area (Å²) in [5.74, 6) is 0.190. The second-order valence-electron chi connectivity index (χ2n) is 5.38. The highest BCUT2D eigenvalue weighted by molar-refractivity contribution is 5.96. The van der Waals surface area contributed by atoms with Crippen LogP contribution in [0, 0.1) is 11.3 Å². The molecule has 1 fully saturated rings. The number of pyridine rings is 1. The molecule has 0 spiro atoms. The van der Waals surface area contributed by atoms with Gasteiger partial charge in [0.15, 0.2) is 0 Å². The standard InChI is InChI=1S/C13H16F3N3O/c1-8-4-12(5-8,7-17)11(20)19-9-2-3-10(18-6-9)13(14,15)16/h2-3,6,8H,4-5,7,17H2,1H3,(H,19,20). The molecular formula is C13H16F3N3O. The predicted octanol–water partition coefficient (Wildman–Crippen LogP) is 2.41. The molecule has 3 N–H and O–H groups in total. The van der Waals surface area contributed by atoms with Crippen LogP contribution in [0.5, 0.6) is 0 Å². The van der Waals surface area contributed by atoms with Gasteiger partial charge in [0, 0.05) is 6.54 Å². The smallest absolute Gasteiger partial charge is 0.329 e. The Morgan fingerprint density at radius 2 is 2.15 bits per heavy atom. The molecule has 1 heterocycles. The Bertz CT molecular complexity index is 493. The lowest BCUT2D eigenvalue weighted by molar-refractivity contribution is -0.141. The predicted molar refractivity (Wildman–Crippen MR) is 67.8 cm³/mol. The number of amides is 1. The molecular weight excluding hydrogens is 271 g/mol. The maximum absolute atomic E-state index is 12.4. The van der Waals surface area contributed by atoms with Gasteiger partial charge < -0.3 is 11.1 Å². The summed E-state index contributed by atoms with van der Waals surface area (Å²) >= 11 is 0. The molecule has 0 unspecified atom stereocenters. The van der Waals surface area contributed by atoms with Crippen molar-refractivity contribution >= 4 is 11.6 Å². The van der Waals surface area contributed by atoms with Crippen LogP contribution in [-0.2, 0) is 11.0 Å². The van der Waals surface area contributed by atoms with Gasteiger partial charge >= 0.3 is 6.18 Å². The maximum Gasteiger partial charge on any atom is 0.433 e. The Hall–Kier alpha value is -1.63. The van der Waals surface area contributed by atoms with Crippen molar-refractivity contribution in [3.05, 3.63) is 24.0 Å². The SMILES string of the molecule is CC1CC(CN)(C(=O)Nc2ccc(C(F)(F)F)nc2)C1. The number of hydrogen-bond acceptors (Lipinski definition) is 3. The van der Waals surface area contributed by atoms with Crippen molar-refractivity contribution in [3.63, 3.8) is 0 Å². The van der Waals surface area contributed by atoms with Gasteiger partial charge in [0.05, 0.1) is 17.3 Å². The number of aromatic nitrogens is 1. The average molecular weight is 287 g/mol. The molecule has 0 radical (unpaired) electrons. The lowest BCUT2D eigenvalue weighted by Crippen LogP contribution is -2.51. The van der Waals surface area contributed by atoms with E-state index in [1.165, 1.54) is 6.07 Å². The minimum absolute atomic E-state index is 0.233. The van der Waals surface area contributed by atoms with Crippen LogP contribution in [-0.4, -0.2) is 17.4 Å². The highest BCUT2D eigenvalue weighted by Gasteiger charge is 2.47. The van der Waals surface area contributed by atoms with Gasteiger partial charge in [0.25, 0.3) is 0 Å². The van der Waals surface area contributed by atoms with Gasteiger partial charge in [-0.2, -0.15) is 13.2 Å². The molecule has 7 heteroatoms. The first-order chi connectivity index (χ1) is 9.27. The van der Waals surface area contributed by atoms with Crippen molar-refractivity contribution in [1.29, 1.82) is 0 Å². The van der Waals surface area contributed by atoms with Gasteiger partial charge in [0.2, 0.25) is 5.91 Å². The van der Waals surface area contributed by atoms with E-state index in [9.17, 15) is 18.0 Å². The maximum atomic E-state index is 12.4. The summed E-state index contributed by atoms with van der Waals surface area (Å²) in [5.41, 5.74) is 4.31. The fraction of sp³-hybridized carbons (Fsp3) is 0.538. The first kappa shape index (κ1) is 14.8. The van der Waals surface area contributed by atoms with Crippen LogP contribution < -0.4 is 11.1 Å². The van der Waals surface area contributed by atoms with E-state index in [-0.39, 0.29) is 18.1 Å². The van der Waals surface area contributed by atoms with Gasteiger partial charge in [-0.05, 0) is 30.9 Å². The van der Waals surface area contributed by atoms with E-state index in [0.717, 1.165) is 12.3 Å². The van der Waals surface area contributed by atoms with Crippen molar-refractivity contribution in [2.24, 2.45) is 17.1 Å². The summed E-state index contributed by atoms with van der Waals surface area (Å²) in [6.07, 6.45) is -2.08. The fourth-order valence-corrected chi connectivity index (χ4v) is 2.62. The summed E-state index contributed by atoms with van der Waals surface area (Å²) in [4.78, 5) is 15.4. The molecule has 0 bridgehead atoms. The van der Waals surface area contributed by atoms with Crippen molar-refractivity contribution in [1.82, 2.24) is 4.98 Å². The summed E-state index contributed by atoms with van der Waals surface area (Å²) in [5, 5.41) is 2.59. The Labute approximate surface area is 114 Å². The Balaban J connectivity index is 2.05. The number of carbonyl (C=O) groups excluding carboxylic acids is 1. The van der Waals surface area contributed by atoms with Gasteiger partial charge in [-0.3, -0.25) is 4.79 Å². The zero-order valence-corrected chi connectivity index (χ0v) is 11.0. The van der Waals surface area contributed by atoms with Crippen molar-refractivity contribution in [2.75, 3.05) is 11.9 Å². The lowest BCUT2D eigenvalue weighted by atomic mass is 9.62. The van der Waals surface area contributed by atoms with E-state index >= 15 is 0 Å². The van der Waals surface area contributed by atoms with Crippen LogP contribution in [0.4, 0.5) is 18.9 Å². The number of halogens is 3. The van der Waals surface area contributed by atoms with Crippen LogP contribution in [0.25, 0.3) is 0 Å². The van der Waals surface area contributed by atoms with Crippen LogP contribution in [0.2, 0.25) is 0 Å². The number of alkyl halides is 3. The van der Waals surface area contributed by atoms with E-state index < -0.39 is 17.3 Å². The molecule has 1 saturated carbocycles. The van der Waals surface area contributed by atoms with E-state index in [2.05, 4.69) is 10.3 Å². The van der Waals surface area contributed by atoms with Crippen LogP contribution in [0.3, 0.4) is 0 Å². The molecule has 4 nitrogen and oxygen atoms in total. The largest absolute Gasteiger partial charge is 0.433 e. The lowest BCUT2D eigenvalue weighted by Gasteiger charge is -2.44. The van der Waals surface area contributed by atoms with Crippen LogP contribution >= 0.6 is 0 Å². The van der Waals surface area contributed by atoms with Crippen molar-refractivity contribution < 1.29 is 18.0 Å². The summed E-state index contributed by atoms with van der Waals surface area (Å²) < 4.78 is 37.1. The monoisotopic (exact) mass is 287 g/mol. The topological polar surface area (TPSA) is 68.0 Å². The molecule has 2 rings (SSSR count). The molecule has 0 aromatic carbocycles. The molecule has 1 aromatic heterocycles. The highest BCUT2D eigenvalue weighted by Crippen LogP contribution is 2.45. The first-order valence-electron chi connectivity index (χ1n) is 6.31. The van der Waals surface area contributed by atoms with Crippen LogP contribution in [0.15, 0.2) is 18.3 Å². The number of nitrogens with zero attached hydrogens (tertiary/aromatic N) is 1. The fourth-order valence-electron chi connectivity index (χ4n) is 2.62. The number of hydrogen-bond donors (Lipinski definition) is 2. The van der Waals surface area contributed by atoms with Gasteiger partial charge in [-0.15, -0.1) is 0 Å². The average Bonchev–Trinajstić information content (AvgIpc) is 2.34. The second-order valence-corrected chi connectivity index (χ2v) is 5.38. The number of nitrogens with one attached hydrogen (secondary N) is 1. The van der Waals surface area contributed by atoms with Gasteiger partial charge in [-0.1, -0.05) is 6.92 Å². The van der Waals surface area contributed by atoms with Crippen molar-refractivity contribution in [2.45, 2.75) is 25.9 Å². The second kappa shape index (κ2) is 5.05. The third-order valence-corrected chi connectivity index (χ3v) is 3.66. The molecule has 1 amide bonds. The van der Waals surface area contributed by atoms with E-state index in [4.69, 9.17) is 5.73 Å². The molecule has 20 heavy (non-hydrogen) atoms. The third kappa shape index (κ3) is 2.77. The zero-order valence-electron chi connectivity index (χ0n) is 11.0. The number of nitrogens with two attached hydrogens (primary N) is 1. The number of anilines is 1. The molecule has 0 atom stereocenters. The third-order valence-electron chi connectivity index (χ3n) is 3.66. The molecule has 1 aromatic rings. The minimum Gasteiger partial charge on any atom is -0.329 e. The summed E-state index contributed by atoms with van der Waals surface area (Å²) in [7, 11) is 0. The number of rotatable bonds is 3. The summed E-state index contributed by atoms with van der Waals surface area (Å²) in [6.45, 7) is 2.26. The molecule has 0 aliphatic heterocycles. The van der Waals surface area contributed by atoms with Crippen LogP contribution in [0.1, 0.15) is 25.5 Å². The van der Waals surface area contributed by atoms with E-state index in [1.54, 1.807) is 0 Å². The molecule has 1 aliphatic rings. The molecule has 1 aliphatic carbocycles. The molecule has 0 saturated heterocycles. The van der Waals surface area contributed by atoms with Gasteiger partial charge in [0.1, 0.15) is 5.69 Å². The Morgan fingerprint density at radius 3 is 2.55 bits per heavy atom.